The predicted molar refractivity (Wildman–Crippen MR) is 57.3 cm³/mol. The Balaban J connectivity index is 5.32. The number of alkyl halides is 12. The Hall–Kier alpha value is -0.920. The van der Waals surface area contributed by atoms with E-state index in [1.54, 1.807) is 0 Å². The lowest BCUT2D eigenvalue weighted by atomic mass is 10.2. The van der Waals surface area contributed by atoms with E-state index in [-0.39, 0.29) is 12.8 Å². The van der Waals surface area contributed by atoms with Crippen LogP contribution in [0, 0.1) is 0 Å². The van der Waals surface area contributed by atoms with Crippen molar-refractivity contribution >= 4 is 0 Å². The SMILES string of the molecule is CCCCC(OC(F)(F)C(F)C(F)(F)F)OC(F)(F)C(F)C(F)(F)F. The third-order valence-electron chi connectivity index (χ3n) is 2.54. The number of halogens is 12. The Bertz CT molecular complexity index is 371. The Morgan fingerprint density at radius 3 is 1.24 bits per heavy atom. The summed E-state index contributed by atoms with van der Waals surface area (Å²) in [6.07, 6.45) is -38.3. The van der Waals surface area contributed by atoms with E-state index in [1.807, 2.05) is 0 Å². The standard InChI is InChI=1S/C11H12F12O2/c1-2-3-4-5(24-10(20,21)6(12)8(14,15)16)25-11(22,23)7(13)9(17,18)19/h5-7H,2-4H2,1H3. The molecule has 0 radical (unpaired) electrons. The first-order chi connectivity index (χ1) is 10.9. The third kappa shape index (κ3) is 7.46. The van der Waals surface area contributed by atoms with Gasteiger partial charge in [-0.25, -0.2) is 8.78 Å². The van der Waals surface area contributed by atoms with Crippen LogP contribution in [0.3, 0.4) is 0 Å². The molecule has 0 saturated heterocycles. The number of ether oxygens (including phenoxy) is 2. The van der Waals surface area contributed by atoms with Crippen LogP contribution in [0.25, 0.3) is 0 Å². The summed E-state index contributed by atoms with van der Waals surface area (Å²) in [7, 11) is 0. The van der Waals surface area contributed by atoms with Crippen molar-refractivity contribution in [2.24, 2.45) is 0 Å². The van der Waals surface area contributed by atoms with Crippen LogP contribution in [-0.4, -0.2) is 43.2 Å². The lowest BCUT2D eigenvalue weighted by Gasteiger charge is -2.31. The Labute approximate surface area is 133 Å². The molecule has 0 N–H and O–H groups in total. The number of hydrogen-bond acceptors (Lipinski definition) is 2. The minimum atomic E-state index is -6.16. The van der Waals surface area contributed by atoms with Crippen molar-refractivity contribution in [2.45, 2.75) is 69.4 Å². The van der Waals surface area contributed by atoms with E-state index in [0.717, 1.165) is 0 Å². The van der Waals surface area contributed by atoms with Gasteiger partial charge in [-0.2, -0.15) is 43.9 Å². The van der Waals surface area contributed by atoms with Gasteiger partial charge < -0.3 is 0 Å². The molecule has 25 heavy (non-hydrogen) atoms. The molecule has 0 spiro atoms. The van der Waals surface area contributed by atoms with Gasteiger partial charge in [-0.15, -0.1) is 0 Å². The van der Waals surface area contributed by atoms with E-state index < -0.39 is 49.6 Å². The lowest BCUT2D eigenvalue weighted by molar-refractivity contribution is -0.426. The topological polar surface area (TPSA) is 18.5 Å². The van der Waals surface area contributed by atoms with E-state index >= 15 is 0 Å². The van der Waals surface area contributed by atoms with Crippen molar-refractivity contribution in [3.05, 3.63) is 0 Å². The quantitative estimate of drug-likeness (QED) is 0.372. The van der Waals surface area contributed by atoms with Gasteiger partial charge in [0.25, 0.3) is 12.3 Å². The molecule has 0 aliphatic carbocycles. The highest BCUT2D eigenvalue weighted by Gasteiger charge is 2.62. The summed E-state index contributed by atoms with van der Waals surface area (Å²) in [5.41, 5.74) is 0. The Morgan fingerprint density at radius 1 is 0.680 bits per heavy atom. The van der Waals surface area contributed by atoms with Crippen LogP contribution in [0.2, 0.25) is 0 Å². The van der Waals surface area contributed by atoms with Crippen molar-refractivity contribution in [1.82, 2.24) is 0 Å². The zero-order valence-electron chi connectivity index (χ0n) is 12.2. The molecule has 0 aliphatic rings. The summed E-state index contributed by atoms with van der Waals surface area (Å²) in [5, 5.41) is 0. The third-order valence-corrected chi connectivity index (χ3v) is 2.54. The van der Waals surface area contributed by atoms with Gasteiger partial charge in [0, 0.05) is 0 Å². The van der Waals surface area contributed by atoms with Crippen LogP contribution in [0.4, 0.5) is 52.7 Å². The van der Waals surface area contributed by atoms with Crippen LogP contribution in [-0.2, 0) is 9.47 Å². The van der Waals surface area contributed by atoms with Gasteiger partial charge in [0.05, 0.1) is 0 Å². The van der Waals surface area contributed by atoms with Gasteiger partial charge in [0.15, 0.2) is 6.29 Å². The van der Waals surface area contributed by atoms with Crippen molar-refractivity contribution < 1.29 is 62.2 Å². The second-order valence-corrected chi connectivity index (χ2v) is 4.74. The van der Waals surface area contributed by atoms with Crippen LogP contribution >= 0.6 is 0 Å². The molecule has 0 bridgehead atoms. The molecule has 152 valence electrons. The molecule has 0 aromatic rings. The van der Waals surface area contributed by atoms with Gasteiger partial charge in [0.1, 0.15) is 0 Å². The molecule has 2 unspecified atom stereocenters. The highest BCUT2D eigenvalue weighted by atomic mass is 19.4. The van der Waals surface area contributed by atoms with Gasteiger partial charge in [-0.05, 0) is 12.8 Å². The van der Waals surface area contributed by atoms with Crippen LogP contribution in [0.15, 0.2) is 0 Å². The Kier molecular flexibility index (Phi) is 7.88. The largest absolute Gasteiger partial charge is 0.428 e. The van der Waals surface area contributed by atoms with E-state index in [9.17, 15) is 52.7 Å². The molecule has 0 heterocycles. The summed E-state index contributed by atoms with van der Waals surface area (Å²) >= 11 is 0. The molecule has 0 amide bonds. The first-order valence-corrected chi connectivity index (χ1v) is 6.48. The van der Waals surface area contributed by atoms with Crippen LogP contribution in [0.1, 0.15) is 26.2 Å². The molecule has 0 aliphatic heterocycles. The van der Waals surface area contributed by atoms with E-state index in [4.69, 9.17) is 0 Å². The average molecular weight is 404 g/mol. The molecule has 14 heteroatoms. The fourth-order valence-electron chi connectivity index (χ4n) is 1.36. The smallest absolute Gasteiger partial charge is 0.288 e. The molecule has 2 nitrogen and oxygen atoms in total. The van der Waals surface area contributed by atoms with E-state index in [0.29, 0.717) is 0 Å². The molecular formula is C11H12F12O2. The van der Waals surface area contributed by atoms with Gasteiger partial charge >= 0.3 is 24.6 Å². The fourth-order valence-corrected chi connectivity index (χ4v) is 1.36. The summed E-state index contributed by atoms with van der Waals surface area (Å²) in [5.74, 6) is 0. The van der Waals surface area contributed by atoms with Gasteiger partial charge in [-0.3, -0.25) is 9.47 Å². The van der Waals surface area contributed by atoms with Gasteiger partial charge in [-0.1, -0.05) is 13.3 Å². The molecule has 0 fully saturated rings. The highest BCUT2D eigenvalue weighted by molar-refractivity contribution is 4.78. The maximum Gasteiger partial charge on any atom is 0.428 e. The van der Waals surface area contributed by atoms with Crippen molar-refractivity contribution in [2.75, 3.05) is 0 Å². The molecule has 0 rings (SSSR count). The van der Waals surface area contributed by atoms with Crippen LogP contribution in [0.5, 0.6) is 0 Å². The molecule has 0 aromatic carbocycles. The monoisotopic (exact) mass is 404 g/mol. The minimum Gasteiger partial charge on any atom is -0.288 e. The first kappa shape index (κ1) is 24.1. The highest BCUT2D eigenvalue weighted by Crippen LogP contribution is 2.40. The molecule has 0 saturated carbocycles. The minimum absolute atomic E-state index is 0.0387. The summed E-state index contributed by atoms with van der Waals surface area (Å²) in [6, 6.07) is 0. The van der Waals surface area contributed by atoms with E-state index in [1.165, 1.54) is 6.92 Å². The number of hydrogen-bond donors (Lipinski definition) is 0. The second-order valence-electron chi connectivity index (χ2n) is 4.74. The van der Waals surface area contributed by atoms with Crippen molar-refractivity contribution in [3.63, 3.8) is 0 Å². The summed E-state index contributed by atoms with van der Waals surface area (Å²) in [6.45, 7) is 1.34. The average Bonchev–Trinajstić information content (AvgIpc) is 2.40. The maximum absolute atomic E-state index is 13.0. The summed E-state index contributed by atoms with van der Waals surface area (Å²) < 4.78 is 155. The molecule has 0 aromatic heterocycles. The lowest BCUT2D eigenvalue weighted by Crippen LogP contribution is -2.50. The van der Waals surface area contributed by atoms with Crippen molar-refractivity contribution in [3.8, 4) is 0 Å². The molecular weight excluding hydrogens is 392 g/mol. The molecule has 2 atom stereocenters. The van der Waals surface area contributed by atoms with Gasteiger partial charge in [0.2, 0.25) is 0 Å². The fraction of sp³-hybridized carbons (Fsp3) is 1.00. The van der Waals surface area contributed by atoms with Crippen LogP contribution < -0.4 is 0 Å². The zero-order valence-corrected chi connectivity index (χ0v) is 12.2. The number of unbranched alkanes of at least 4 members (excludes halogenated alkanes) is 1. The predicted octanol–water partition coefficient (Wildman–Crippen LogP) is 5.52. The number of rotatable bonds is 9. The first-order valence-electron chi connectivity index (χ1n) is 6.48. The normalized spacial score (nSPS) is 18.1. The Morgan fingerprint density at radius 2 is 1.00 bits per heavy atom. The summed E-state index contributed by atoms with van der Waals surface area (Å²) in [4.78, 5) is 0. The van der Waals surface area contributed by atoms with Crippen molar-refractivity contribution in [1.29, 1.82) is 0 Å². The van der Waals surface area contributed by atoms with E-state index in [2.05, 4.69) is 9.47 Å². The second kappa shape index (κ2) is 8.18. The zero-order chi connectivity index (χ0) is 20.3. The maximum atomic E-state index is 13.0.